The maximum Gasteiger partial charge on any atom is 0.138 e. The highest BCUT2D eigenvalue weighted by atomic mass is 15.3. The summed E-state index contributed by atoms with van der Waals surface area (Å²) in [5, 5.41) is 8.02. The molecule has 2 aromatic rings. The van der Waals surface area contributed by atoms with Crippen LogP contribution in [0.3, 0.4) is 0 Å². The van der Waals surface area contributed by atoms with Gasteiger partial charge in [0.2, 0.25) is 0 Å². The fourth-order valence-electron chi connectivity index (χ4n) is 3.70. The van der Waals surface area contributed by atoms with Crippen molar-refractivity contribution in [3.05, 3.63) is 36.9 Å². The summed E-state index contributed by atoms with van der Waals surface area (Å²) in [5.74, 6) is 1.98. The first-order chi connectivity index (χ1) is 10.4. The summed E-state index contributed by atoms with van der Waals surface area (Å²) >= 11 is 0. The van der Waals surface area contributed by atoms with Gasteiger partial charge in [0.05, 0.1) is 11.4 Å². The fourth-order valence-corrected chi connectivity index (χ4v) is 3.70. The number of hydrogen-bond acceptors (Lipinski definition) is 3. The Bertz CT molecular complexity index is 589. The molecule has 2 fully saturated rings. The van der Waals surface area contributed by atoms with E-state index in [1.54, 1.807) is 12.7 Å². The summed E-state index contributed by atoms with van der Waals surface area (Å²) < 4.78 is 1.84. The lowest BCUT2D eigenvalue weighted by Gasteiger charge is -2.31. The number of aromatic nitrogens is 3. The van der Waals surface area contributed by atoms with Crippen LogP contribution in [0, 0.1) is 11.8 Å². The standard InChI is InChI=1S/C17H22N4/c1-2-7-17(21-12-18-11-19-21)16(6-1)20-15-5-3-4-14(10-15)13-8-9-13/h1-2,6-7,11-15,20H,3-5,8-10H2. The summed E-state index contributed by atoms with van der Waals surface area (Å²) in [4.78, 5) is 4.05. The van der Waals surface area contributed by atoms with Crippen LogP contribution in [0.4, 0.5) is 5.69 Å². The van der Waals surface area contributed by atoms with Gasteiger partial charge in [0, 0.05) is 6.04 Å². The lowest BCUT2D eigenvalue weighted by Crippen LogP contribution is -2.28. The topological polar surface area (TPSA) is 42.7 Å². The van der Waals surface area contributed by atoms with Crippen LogP contribution >= 0.6 is 0 Å². The van der Waals surface area contributed by atoms with Gasteiger partial charge in [0.25, 0.3) is 0 Å². The summed E-state index contributed by atoms with van der Waals surface area (Å²) in [6.07, 6.45) is 11.7. The quantitative estimate of drug-likeness (QED) is 0.931. The Labute approximate surface area is 125 Å². The first kappa shape index (κ1) is 12.9. The molecule has 0 amide bonds. The molecule has 0 aliphatic heterocycles. The molecule has 2 saturated carbocycles. The number of para-hydroxylation sites is 2. The van der Waals surface area contributed by atoms with Gasteiger partial charge in [0.1, 0.15) is 12.7 Å². The number of hydrogen-bond donors (Lipinski definition) is 1. The van der Waals surface area contributed by atoms with E-state index >= 15 is 0 Å². The molecule has 2 aliphatic rings. The molecule has 2 aliphatic carbocycles. The lowest BCUT2D eigenvalue weighted by molar-refractivity contribution is 0.303. The van der Waals surface area contributed by atoms with Gasteiger partial charge in [0.15, 0.2) is 0 Å². The normalized spacial score (nSPS) is 25.7. The van der Waals surface area contributed by atoms with Gasteiger partial charge in [-0.05, 0) is 49.7 Å². The van der Waals surface area contributed by atoms with E-state index < -0.39 is 0 Å². The fraction of sp³-hybridized carbons (Fsp3) is 0.529. The van der Waals surface area contributed by atoms with Gasteiger partial charge in [-0.25, -0.2) is 9.67 Å². The molecule has 4 rings (SSSR count). The second-order valence-electron chi connectivity index (χ2n) is 6.46. The van der Waals surface area contributed by atoms with Crippen molar-refractivity contribution in [3.63, 3.8) is 0 Å². The van der Waals surface area contributed by atoms with E-state index in [4.69, 9.17) is 0 Å². The number of nitrogens with zero attached hydrogens (tertiary/aromatic N) is 3. The van der Waals surface area contributed by atoms with E-state index in [-0.39, 0.29) is 0 Å². The molecule has 0 bridgehead atoms. The third-order valence-corrected chi connectivity index (χ3v) is 4.93. The second-order valence-corrected chi connectivity index (χ2v) is 6.46. The van der Waals surface area contributed by atoms with E-state index in [9.17, 15) is 0 Å². The predicted molar refractivity (Wildman–Crippen MR) is 83.5 cm³/mol. The summed E-state index contributed by atoms with van der Waals surface area (Å²) in [6, 6.07) is 8.99. The molecule has 0 spiro atoms. The van der Waals surface area contributed by atoms with Gasteiger partial charge >= 0.3 is 0 Å². The third-order valence-electron chi connectivity index (χ3n) is 4.93. The molecule has 4 heteroatoms. The molecule has 4 nitrogen and oxygen atoms in total. The van der Waals surface area contributed by atoms with Crippen LogP contribution < -0.4 is 5.32 Å². The second kappa shape index (κ2) is 5.51. The molecule has 0 radical (unpaired) electrons. The molecule has 1 heterocycles. The van der Waals surface area contributed by atoms with Crippen LogP contribution in [-0.4, -0.2) is 20.8 Å². The molecular formula is C17H22N4. The Hall–Kier alpha value is -1.84. The summed E-state index contributed by atoms with van der Waals surface area (Å²) in [7, 11) is 0. The van der Waals surface area contributed by atoms with E-state index in [0.717, 1.165) is 17.5 Å². The van der Waals surface area contributed by atoms with Crippen molar-refractivity contribution in [2.24, 2.45) is 11.8 Å². The number of nitrogens with one attached hydrogen (secondary N) is 1. The number of rotatable bonds is 4. The van der Waals surface area contributed by atoms with Crippen molar-refractivity contribution in [1.29, 1.82) is 0 Å². The van der Waals surface area contributed by atoms with Crippen molar-refractivity contribution in [1.82, 2.24) is 14.8 Å². The van der Waals surface area contributed by atoms with Crippen LogP contribution in [0.5, 0.6) is 0 Å². The minimum atomic E-state index is 0.606. The highest BCUT2D eigenvalue weighted by molar-refractivity contribution is 5.60. The van der Waals surface area contributed by atoms with Crippen LogP contribution in [0.25, 0.3) is 5.69 Å². The monoisotopic (exact) mass is 282 g/mol. The van der Waals surface area contributed by atoms with Gasteiger partial charge in [-0.2, -0.15) is 5.10 Å². The molecule has 1 aromatic carbocycles. The zero-order chi connectivity index (χ0) is 14.1. The summed E-state index contributed by atoms with van der Waals surface area (Å²) in [6.45, 7) is 0. The highest BCUT2D eigenvalue weighted by Gasteiger charge is 2.34. The van der Waals surface area contributed by atoms with Gasteiger partial charge in [-0.15, -0.1) is 0 Å². The van der Waals surface area contributed by atoms with E-state index in [1.165, 1.54) is 44.2 Å². The van der Waals surface area contributed by atoms with E-state index in [2.05, 4.69) is 39.7 Å². The van der Waals surface area contributed by atoms with Crippen molar-refractivity contribution in [2.75, 3.05) is 5.32 Å². The average molecular weight is 282 g/mol. The molecular weight excluding hydrogens is 260 g/mol. The van der Waals surface area contributed by atoms with E-state index in [1.807, 2.05) is 4.68 Å². The molecule has 2 unspecified atom stereocenters. The molecule has 110 valence electrons. The Morgan fingerprint density at radius 2 is 1.95 bits per heavy atom. The zero-order valence-electron chi connectivity index (χ0n) is 12.3. The highest BCUT2D eigenvalue weighted by Crippen LogP contribution is 2.44. The van der Waals surface area contributed by atoms with Crippen molar-refractivity contribution >= 4 is 5.69 Å². The first-order valence-corrected chi connectivity index (χ1v) is 8.11. The van der Waals surface area contributed by atoms with Crippen molar-refractivity contribution in [2.45, 2.75) is 44.6 Å². The zero-order valence-corrected chi connectivity index (χ0v) is 12.3. The SMILES string of the molecule is c1ccc(-n2cncn2)c(NC2CCCC(C3CC3)C2)c1. The Morgan fingerprint density at radius 1 is 1.05 bits per heavy atom. The predicted octanol–water partition coefficient (Wildman–Crippen LogP) is 3.65. The van der Waals surface area contributed by atoms with Gasteiger partial charge < -0.3 is 5.32 Å². The Kier molecular flexibility index (Phi) is 3.37. The molecule has 21 heavy (non-hydrogen) atoms. The van der Waals surface area contributed by atoms with Crippen LogP contribution in [-0.2, 0) is 0 Å². The van der Waals surface area contributed by atoms with Crippen molar-refractivity contribution < 1.29 is 0 Å². The first-order valence-electron chi connectivity index (χ1n) is 8.11. The maximum absolute atomic E-state index is 4.26. The van der Waals surface area contributed by atoms with Gasteiger partial charge in [-0.1, -0.05) is 25.0 Å². The van der Waals surface area contributed by atoms with Crippen LogP contribution in [0.15, 0.2) is 36.9 Å². The minimum Gasteiger partial charge on any atom is -0.381 e. The maximum atomic E-state index is 4.26. The number of benzene rings is 1. The van der Waals surface area contributed by atoms with Crippen LogP contribution in [0.1, 0.15) is 38.5 Å². The lowest BCUT2D eigenvalue weighted by atomic mass is 9.82. The summed E-state index contributed by atoms with van der Waals surface area (Å²) in [5.41, 5.74) is 2.26. The minimum absolute atomic E-state index is 0.606. The molecule has 1 N–H and O–H groups in total. The molecule has 0 saturated heterocycles. The average Bonchev–Trinajstić information content (AvgIpc) is 3.24. The molecule has 1 aromatic heterocycles. The van der Waals surface area contributed by atoms with Crippen LogP contribution in [0.2, 0.25) is 0 Å². The molecule has 2 atom stereocenters. The van der Waals surface area contributed by atoms with Crippen molar-refractivity contribution in [3.8, 4) is 5.69 Å². The van der Waals surface area contributed by atoms with Gasteiger partial charge in [-0.3, -0.25) is 0 Å². The Balaban J connectivity index is 1.51. The largest absolute Gasteiger partial charge is 0.381 e. The third kappa shape index (κ3) is 2.80. The Morgan fingerprint density at radius 3 is 2.76 bits per heavy atom. The van der Waals surface area contributed by atoms with E-state index in [0.29, 0.717) is 6.04 Å². The number of anilines is 1. The smallest absolute Gasteiger partial charge is 0.138 e.